The summed E-state index contributed by atoms with van der Waals surface area (Å²) < 4.78 is 17.7. The molecule has 3 nitrogen and oxygen atoms in total. The Morgan fingerprint density at radius 1 is 1.62 bits per heavy atom. The van der Waals surface area contributed by atoms with Crippen LogP contribution < -0.4 is 5.73 Å². The summed E-state index contributed by atoms with van der Waals surface area (Å²) in [6.07, 6.45) is 0.593. The lowest BCUT2D eigenvalue weighted by atomic mass is 10.0. The highest BCUT2D eigenvalue weighted by atomic mass is 19.1. The van der Waals surface area contributed by atoms with Crippen LogP contribution in [0.15, 0.2) is 0 Å². The summed E-state index contributed by atoms with van der Waals surface area (Å²) in [4.78, 5) is 11.0. The van der Waals surface area contributed by atoms with Gasteiger partial charge in [0.15, 0.2) is 0 Å². The molecule has 0 unspecified atom stereocenters. The van der Waals surface area contributed by atoms with Gasteiger partial charge in [0.1, 0.15) is 11.7 Å². The molecule has 78 valence electrons. The normalized spacial score (nSPS) is 13.9. The van der Waals surface area contributed by atoms with E-state index in [1.807, 2.05) is 0 Å². The average molecular weight is 191 g/mol. The Labute approximate surface area is 78.4 Å². The number of hydrogen-bond donors (Lipinski definition) is 1. The maximum atomic E-state index is 13.0. The summed E-state index contributed by atoms with van der Waals surface area (Å²) >= 11 is 0. The van der Waals surface area contributed by atoms with E-state index in [0.717, 1.165) is 0 Å². The van der Waals surface area contributed by atoms with Crippen LogP contribution in [0.1, 0.15) is 33.6 Å². The SMILES string of the molecule is CCOC(=O)[C@@H](N)CCC(C)(C)F. The van der Waals surface area contributed by atoms with Crippen LogP contribution in [-0.4, -0.2) is 24.3 Å². The molecule has 0 aromatic carbocycles. The fourth-order valence-corrected chi connectivity index (χ4v) is 0.866. The molecule has 2 N–H and O–H groups in total. The van der Waals surface area contributed by atoms with Crippen LogP contribution in [0.5, 0.6) is 0 Å². The van der Waals surface area contributed by atoms with Crippen molar-refractivity contribution in [3.8, 4) is 0 Å². The smallest absolute Gasteiger partial charge is 0.322 e. The Kier molecular flexibility index (Phi) is 4.91. The number of halogens is 1. The van der Waals surface area contributed by atoms with E-state index in [9.17, 15) is 9.18 Å². The fraction of sp³-hybridized carbons (Fsp3) is 0.889. The first-order chi connectivity index (χ1) is 5.87. The van der Waals surface area contributed by atoms with E-state index in [1.165, 1.54) is 13.8 Å². The molecule has 0 saturated carbocycles. The quantitative estimate of drug-likeness (QED) is 0.668. The van der Waals surface area contributed by atoms with E-state index in [1.54, 1.807) is 6.92 Å². The number of rotatable bonds is 5. The Bertz CT molecular complexity index is 165. The second-order valence-electron chi connectivity index (χ2n) is 3.62. The second kappa shape index (κ2) is 5.17. The summed E-state index contributed by atoms with van der Waals surface area (Å²) in [5.74, 6) is -0.452. The molecule has 0 spiro atoms. The molecule has 0 saturated heterocycles. The zero-order chi connectivity index (χ0) is 10.5. The first-order valence-corrected chi connectivity index (χ1v) is 4.48. The molecule has 0 rings (SSSR count). The van der Waals surface area contributed by atoms with Gasteiger partial charge in [0.25, 0.3) is 0 Å². The molecule has 0 aliphatic heterocycles. The molecular weight excluding hydrogens is 173 g/mol. The van der Waals surface area contributed by atoms with Gasteiger partial charge in [0.05, 0.1) is 6.61 Å². The van der Waals surface area contributed by atoms with Gasteiger partial charge >= 0.3 is 5.97 Å². The number of esters is 1. The molecule has 4 heteroatoms. The maximum absolute atomic E-state index is 13.0. The van der Waals surface area contributed by atoms with Crippen molar-refractivity contribution in [3.05, 3.63) is 0 Å². The molecule has 0 aliphatic rings. The Morgan fingerprint density at radius 2 is 2.15 bits per heavy atom. The lowest BCUT2D eigenvalue weighted by Crippen LogP contribution is -2.33. The Morgan fingerprint density at radius 3 is 2.54 bits per heavy atom. The number of ether oxygens (including phenoxy) is 1. The largest absolute Gasteiger partial charge is 0.465 e. The minimum atomic E-state index is -1.27. The zero-order valence-corrected chi connectivity index (χ0v) is 8.47. The van der Waals surface area contributed by atoms with Crippen LogP contribution in [0, 0.1) is 0 Å². The van der Waals surface area contributed by atoms with Gasteiger partial charge in [0, 0.05) is 0 Å². The monoisotopic (exact) mass is 191 g/mol. The molecule has 0 fully saturated rings. The van der Waals surface area contributed by atoms with Crippen LogP contribution >= 0.6 is 0 Å². The molecule has 1 atom stereocenters. The minimum absolute atomic E-state index is 0.271. The van der Waals surface area contributed by atoms with Gasteiger partial charge in [-0.15, -0.1) is 0 Å². The van der Waals surface area contributed by atoms with Crippen LogP contribution in [0.3, 0.4) is 0 Å². The molecule has 0 radical (unpaired) electrons. The van der Waals surface area contributed by atoms with Crippen LogP contribution in [0.25, 0.3) is 0 Å². The molecule has 0 amide bonds. The van der Waals surface area contributed by atoms with E-state index in [0.29, 0.717) is 13.0 Å². The molecule has 13 heavy (non-hydrogen) atoms. The number of carbonyl (C=O) groups excluding carboxylic acids is 1. The highest BCUT2D eigenvalue weighted by Gasteiger charge is 2.21. The number of carbonyl (C=O) groups is 1. The van der Waals surface area contributed by atoms with E-state index >= 15 is 0 Å². The van der Waals surface area contributed by atoms with E-state index in [4.69, 9.17) is 5.73 Å². The van der Waals surface area contributed by atoms with Crippen molar-refractivity contribution in [1.82, 2.24) is 0 Å². The first-order valence-electron chi connectivity index (χ1n) is 4.48. The first kappa shape index (κ1) is 12.4. The third-order valence-electron chi connectivity index (χ3n) is 1.64. The molecule has 0 aliphatic carbocycles. The zero-order valence-electron chi connectivity index (χ0n) is 8.47. The van der Waals surface area contributed by atoms with Crippen LogP contribution in [-0.2, 0) is 9.53 Å². The van der Waals surface area contributed by atoms with Crippen molar-refractivity contribution < 1.29 is 13.9 Å². The summed E-state index contributed by atoms with van der Waals surface area (Å²) in [7, 11) is 0. The van der Waals surface area contributed by atoms with E-state index in [2.05, 4.69) is 4.74 Å². The van der Waals surface area contributed by atoms with Crippen LogP contribution in [0.4, 0.5) is 4.39 Å². The summed E-state index contributed by atoms with van der Waals surface area (Å²) in [6.45, 7) is 4.95. The van der Waals surface area contributed by atoms with Gasteiger partial charge in [-0.1, -0.05) is 0 Å². The van der Waals surface area contributed by atoms with Gasteiger partial charge < -0.3 is 10.5 Å². The third kappa shape index (κ3) is 6.51. The van der Waals surface area contributed by atoms with Crippen molar-refractivity contribution in [1.29, 1.82) is 0 Å². The third-order valence-corrected chi connectivity index (χ3v) is 1.64. The summed E-state index contributed by atoms with van der Waals surface area (Å²) in [5.41, 5.74) is 4.20. The predicted octanol–water partition coefficient (Wildman–Crippen LogP) is 1.41. The van der Waals surface area contributed by atoms with E-state index in [-0.39, 0.29) is 6.42 Å². The number of hydrogen-bond acceptors (Lipinski definition) is 3. The number of nitrogens with two attached hydrogens (primary N) is 1. The van der Waals surface area contributed by atoms with Gasteiger partial charge in [0.2, 0.25) is 0 Å². The highest BCUT2D eigenvalue weighted by molar-refractivity contribution is 5.75. The fourth-order valence-electron chi connectivity index (χ4n) is 0.866. The van der Waals surface area contributed by atoms with Gasteiger partial charge in [-0.2, -0.15) is 0 Å². The topological polar surface area (TPSA) is 52.3 Å². The lowest BCUT2D eigenvalue weighted by Gasteiger charge is -2.16. The van der Waals surface area contributed by atoms with Crippen molar-refractivity contribution >= 4 is 5.97 Å². The van der Waals surface area contributed by atoms with Gasteiger partial charge in [-0.25, -0.2) is 4.39 Å². The summed E-state index contributed by atoms with van der Waals surface area (Å²) in [5, 5.41) is 0. The standard InChI is InChI=1S/C9H18FNO2/c1-4-13-8(12)7(11)5-6-9(2,3)10/h7H,4-6,11H2,1-3H3/t7-/m0/s1. The second-order valence-corrected chi connectivity index (χ2v) is 3.62. The Balaban J connectivity index is 3.74. The molecule has 0 aromatic rings. The average Bonchev–Trinajstić information content (AvgIpc) is 1.99. The van der Waals surface area contributed by atoms with E-state index < -0.39 is 17.7 Å². The maximum Gasteiger partial charge on any atom is 0.322 e. The molecule has 0 aromatic heterocycles. The van der Waals surface area contributed by atoms with Crippen molar-refractivity contribution in [3.63, 3.8) is 0 Å². The molecular formula is C9H18FNO2. The van der Waals surface area contributed by atoms with Gasteiger partial charge in [-0.3, -0.25) is 4.79 Å². The highest BCUT2D eigenvalue weighted by Crippen LogP contribution is 2.16. The number of alkyl halides is 1. The van der Waals surface area contributed by atoms with Crippen molar-refractivity contribution in [2.75, 3.05) is 6.61 Å². The van der Waals surface area contributed by atoms with Crippen molar-refractivity contribution in [2.45, 2.75) is 45.3 Å². The van der Waals surface area contributed by atoms with Gasteiger partial charge in [-0.05, 0) is 33.6 Å². The van der Waals surface area contributed by atoms with Crippen molar-refractivity contribution in [2.24, 2.45) is 5.73 Å². The van der Waals surface area contributed by atoms with Crippen LogP contribution in [0.2, 0.25) is 0 Å². The molecule has 0 heterocycles. The minimum Gasteiger partial charge on any atom is -0.465 e. The Hall–Kier alpha value is -0.640. The summed E-state index contributed by atoms with van der Waals surface area (Å²) in [6, 6.07) is -0.699. The predicted molar refractivity (Wildman–Crippen MR) is 49.0 cm³/mol. The lowest BCUT2D eigenvalue weighted by molar-refractivity contribution is -0.144. The molecule has 0 bridgehead atoms.